The Hall–Kier alpha value is -2.72. The van der Waals surface area contributed by atoms with Crippen LogP contribution in [0.1, 0.15) is 51.9 Å². The molecule has 6 atom stereocenters. The summed E-state index contributed by atoms with van der Waals surface area (Å²) in [6, 6.07) is -1.03. The third-order valence-corrected chi connectivity index (χ3v) is 5.69. The fourth-order valence-corrected chi connectivity index (χ4v) is 4.13. The second-order valence-corrected chi connectivity index (χ2v) is 7.58. The zero-order valence-corrected chi connectivity index (χ0v) is 16.0. The first-order chi connectivity index (χ1) is 13.6. The minimum atomic E-state index is -1.32. The Bertz CT molecular complexity index is 678. The van der Waals surface area contributed by atoms with Crippen molar-refractivity contribution < 1.29 is 43.8 Å². The zero-order valence-electron chi connectivity index (χ0n) is 16.0. The summed E-state index contributed by atoms with van der Waals surface area (Å²) in [5, 5.41) is 29.5. The van der Waals surface area contributed by atoms with Gasteiger partial charge in [-0.2, -0.15) is 0 Å². The number of carboxylic acid groups (broad SMARTS) is 2. The number of ether oxygens (including phenoxy) is 2. The van der Waals surface area contributed by atoms with Crippen molar-refractivity contribution in [3.63, 3.8) is 0 Å². The number of carboxylic acids is 2. The maximum absolute atomic E-state index is 12.4. The molecular formula is C18H25NO10. The van der Waals surface area contributed by atoms with Crippen LogP contribution in [-0.2, 0) is 28.7 Å². The summed E-state index contributed by atoms with van der Waals surface area (Å²) in [5.41, 5.74) is 0. The molecule has 2 N–H and O–H groups in total. The minimum absolute atomic E-state index is 0.0220. The van der Waals surface area contributed by atoms with E-state index in [-0.39, 0.29) is 19.3 Å². The molecular weight excluding hydrogens is 390 g/mol. The van der Waals surface area contributed by atoms with Crippen molar-refractivity contribution in [3.05, 3.63) is 10.1 Å². The van der Waals surface area contributed by atoms with Crippen molar-refractivity contribution in [2.75, 3.05) is 0 Å². The molecule has 0 aromatic rings. The van der Waals surface area contributed by atoms with E-state index in [1.165, 1.54) is 6.92 Å². The van der Waals surface area contributed by atoms with Crippen LogP contribution in [-0.4, -0.2) is 51.3 Å². The highest BCUT2D eigenvalue weighted by Crippen LogP contribution is 2.34. The van der Waals surface area contributed by atoms with Crippen molar-refractivity contribution in [3.8, 4) is 0 Å². The summed E-state index contributed by atoms with van der Waals surface area (Å²) in [5.74, 6) is -8.10. The number of esters is 2. The van der Waals surface area contributed by atoms with Gasteiger partial charge in [0.15, 0.2) is 0 Å². The first-order valence-corrected chi connectivity index (χ1v) is 9.61. The topological polar surface area (TPSA) is 170 Å². The second-order valence-electron chi connectivity index (χ2n) is 7.58. The fourth-order valence-electron chi connectivity index (χ4n) is 4.13. The maximum atomic E-state index is 12.4. The van der Waals surface area contributed by atoms with E-state index < -0.39 is 64.8 Å². The summed E-state index contributed by atoms with van der Waals surface area (Å²) in [6.45, 7) is 1.28. The molecule has 0 bridgehead atoms. The molecule has 0 spiro atoms. The Morgan fingerprint density at radius 2 is 1.34 bits per heavy atom. The lowest BCUT2D eigenvalue weighted by molar-refractivity contribution is -0.528. The Morgan fingerprint density at radius 1 is 0.862 bits per heavy atom. The third-order valence-electron chi connectivity index (χ3n) is 5.69. The van der Waals surface area contributed by atoms with Crippen molar-refractivity contribution in [1.82, 2.24) is 0 Å². The number of rotatable bonds is 7. The average Bonchev–Trinajstić information content (AvgIpc) is 2.66. The molecule has 0 amide bonds. The van der Waals surface area contributed by atoms with Gasteiger partial charge < -0.3 is 19.7 Å². The molecule has 0 saturated heterocycles. The van der Waals surface area contributed by atoms with Crippen LogP contribution in [0.2, 0.25) is 0 Å². The summed E-state index contributed by atoms with van der Waals surface area (Å²) >= 11 is 0. The Labute approximate surface area is 166 Å². The molecule has 11 nitrogen and oxygen atoms in total. The number of nitro groups is 1. The summed E-state index contributed by atoms with van der Waals surface area (Å²) in [4.78, 5) is 57.8. The lowest BCUT2D eigenvalue weighted by Gasteiger charge is -2.30. The number of nitrogens with zero attached hydrogens (tertiary/aromatic N) is 1. The van der Waals surface area contributed by atoms with E-state index in [2.05, 4.69) is 0 Å². The van der Waals surface area contributed by atoms with Gasteiger partial charge in [0.05, 0.1) is 23.7 Å². The molecule has 2 rings (SSSR count). The molecule has 162 valence electrons. The van der Waals surface area contributed by atoms with Gasteiger partial charge in [0.2, 0.25) is 12.3 Å². The lowest BCUT2D eigenvalue weighted by atomic mass is 9.77. The third kappa shape index (κ3) is 5.64. The van der Waals surface area contributed by atoms with Gasteiger partial charge in [-0.3, -0.25) is 29.3 Å². The van der Waals surface area contributed by atoms with E-state index in [0.717, 1.165) is 0 Å². The number of carbonyl (C=O) groups is 4. The quantitative estimate of drug-likeness (QED) is 0.268. The average molecular weight is 415 g/mol. The normalized spacial score (nSPS) is 30.6. The lowest BCUT2D eigenvalue weighted by Crippen LogP contribution is -2.42. The van der Waals surface area contributed by atoms with E-state index in [9.17, 15) is 39.5 Å². The summed E-state index contributed by atoms with van der Waals surface area (Å²) < 4.78 is 10.1. The van der Waals surface area contributed by atoms with Crippen LogP contribution in [0, 0.1) is 33.8 Å². The maximum Gasteiger partial charge on any atom is 0.312 e. The standard InChI is InChI=1S/C18H25NO10/c1-9(28-17(24)12-5-3-2-4-11(12)15(20)21)29-18(25)13-7-6-10(19(26)27)8-14(13)16(22)23/h9-14H,2-8H2,1H3,(H,20,21)(H,22,23). The van der Waals surface area contributed by atoms with Gasteiger partial charge >= 0.3 is 23.9 Å². The highest BCUT2D eigenvalue weighted by molar-refractivity contribution is 5.82. The van der Waals surface area contributed by atoms with Gasteiger partial charge in [-0.15, -0.1) is 0 Å². The smallest absolute Gasteiger partial charge is 0.312 e. The van der Waals surface area contributed by atoms with Crippen molar-refractivity contribution >= 4 is 23.9 Å². The van der Waals surface area contributed by atoms with Gasteiger partial charge in [-0.1, -0.05) is 12.8 Å². The summed E-state index contributed by atoms with van der Waals surface area (Å²) in [6.07, 6.45) is 0.546. The van der Waals surface area contributed by atoms with Crippen LogP contribution in [0.3, 0.4) is 0 Å². The molecule has 2 aliphatic carbocycles. The molecule has 2 saturated carbocycles. The Morgan fingerprint density at radius 3 is 1.83 bits per heavy atom. The Kier molecular flexibility index (Phi) is 7.52. The molecule has 0 radical (unpaired) electrons. The van der Waals surface area contributed by atoms with E-state index in [1.807, 2.05) is 0 Å². The van der Waals surface area contributed by atoms with Gasteiger partial charge in [0.1, 0.15) is 0 Å². The van der Waals surface area contributed by atoms with Crippen molar-refractivity contribution in [2.24, 2.45) is 23.7 Å². The number of aliphatic carboxylic acids is 2. The molecule has 2 aliphatic rings. The van der Waals surface area contributed by atoms with E-state index in [4.69, 9.17) is 9.47 Å². The molecule has 0 aromatic heterocycles. The highest BCUT2D eigenvalue weighted by atomic mass is 16.7. The zero-order chi connectivity index (χ0) is 21.7. The molecule has 11 heteroatoms. The Balaban J connectivity index is 1.95. The van der Waals surface area contributed by atoms with Gasteiger partial charge in [0.25, 0.3) is 0 Å². The number of carbonyl (C=O) groups excluding carboxylic acids is 2. The van der Waals surface area contributed by atoms with Crippen LogP contribution in [0.15, 0.2) is 0 Å². The van der Waals surface area contributed by atoms with Gasteiger partial charge in [-0.25, -0.2) is 0 Å². The molecule has 0 heterocycles. The van der Waals surface area contributed by atoms with Crippen LogP contribution in [0.5, 0.6) is 0 Å². The van der Waals surface area contributed by atoms with Crippen LogP contribution >= 0.6 is 0 Å². The summed E-state index contributed by atoms with van der Waals surface area (Å²) in [7, 11) is 0. The van der Waals surface area contributed by atoms with Crippen molar-refractivity contribution in [1.29, 1.82) is 0 Å². The fraction of sp³-hybridized carbons (Fsp3) is 0.778. The van der Waals surface area contributed by atoms with Crippen LogP contribution in [0.4, 0.5) is 0 Å². The highest BCUT2D eigenvalue weighted by Gasteiger charge is 2.45. The first-order valence-electron chi connectivity index (χ1n) is 9.61. The molecule has 29 heavy (non-hydrogen) atoms. The second kappa shape index (κ2) is 9.66. The predicted molar refractivity (Wildman–Crippen MR) is 94.0 cm³/mol. The van der Waals surface area contributed by atoms with Crippen LogP contribution < -0.4 is 0 Å². The van der Waals surface area contributed by atoms with Gasteiger partial charge in [0, 0.05) is 24.7 Å². The predicted octanol–water partition coefficient (Wildman–Crippen LogP) is 1.46. The minimum Gasteiger partial charge on any atom is -0.481 e. The number of hydrogen-bond acceptors (Lipinski definition) is 8. The van der Waals surface area contributed by atoms with Gasteiger partial charge in [-0.05, 0) is 19.3 Å². The molecule has 0 aromatic carbocycles. The molecule has 6 unspecified atom stereocenters. The number of hydrogen-bond donors (Lipinski definition) is 2. The SMILES string of the molecule is CC(OC(=O)C1CCCCC1C(=O)O)OC(=O)C1CCC([N+](=O)[O-])CC1C(=O)O. The monoisotopic (exact) mass is 415 g/mol. The first kappa shape index (κ1) is 22.6. The van der Waals surface area contributed by atoms with E-state index in [0.29, 0.717) is 25.7 Å². The molecule has 2 fully saturated rings. The largest absolute Gasteiger partial charge is 0.481 e. The van der Waals surface area contributed by atoms with E-state index >= 15 is 0 Å². The van der Waals surface area contributed by atoms with Crippen LogP contribution in [0.25, 0.3) is 0 Å². The van der Waals surface area contributed by atoms with E-state index in [1.54, 1.807) is 0 Å². The van der Waals surface area contributed by atoms with Crippen molar-refractivity contribution in [2.45, 2.75) is 64.2 Å². The molecule has 0 aliphatic heterocycles.